The van der Waals surface area contributed by atoms with E-state index in [2.05, 4.69) is 17.2 Å². The number of unbranched alkanes of at least 4 members (excludes halogenated alkanes) is 3. The summed E-state index contributed by atoms with van der Waals surface area (Å²) in [5.41, 5.74) is 1.96. The molecule has 3 rings (SSSR count). The molecule has 4 atom stereocenters. The molecule has 2 aromatic rings. The van der Waals surface area contributed by atoms with Crippen LogP contribution in [0.3, 0.4) is 0 Å². The average molecular weight is 384 g/mol. The van der Waals surface area contributed by atoms with Gasteiger partial charge in [0, 0.05) is 36.0 Å². The summed E-state index contributed by atoms with van der Waals surface area (Å²) in [6, 6.07) is 12.1. The number of nitrogens with zero attached hydrogens (tertiary/aromatic N) is 2. The Hall–Kier alpha value is -1.82. The van der Waals surface area contributed by atoms with Crippen molar-refractivity contribution in [1.82, 2.24) is 15.3 Å². The van der Waals surface area contributed by atoms with Gasteiger partial charge in [-0.2, -0.15) is 0 Å². The van der Waals surface area contributed by atoms with E-state index in [9.17, 15) is 10.2 Å². The lowest BCUT2D eigenvalue weighted by atomic mass is 9.88. The summed E-state index contributed by atoms with van der Waals surface area (Å²) in [4.78, 5) is 9.16. The molecule has 0 radical (unpaired) electrons. The first-order valence-corrected chi connectivity index (χ1v) is 10.6. The molecule has 0 aliphatic heterocycles. The molecule has 5 nitrogen and oxygen atoms in total. The zero-order valence-corrected chi connectivity index (χ0v) is 16.8. The van der Waals surface area contributed by atoms with Crippen LogP contribution in [0.25, 0.3) is 11.4 Å². The van der Waals surface area contributed by atoms with E-state index >= 15 is 0 Å². The summed E-state index contributed by atoms with van der Waals surface area (Å²) in [7, 11) is 0. The lowest BCUT2D eigenvalue weighted by molar-refractivity contribution is 0.0716. The normalized spacial score (nSPS) is 24.5. The van der Waals surface area contributed by atoms with Crippen LogP contribution in [-0.2, 0) is 6.42 Å². The van der Waals surface area contributed by atoms with E-state index in [1.54, 1.807) is 6.20 Å². The van der Waals surface area contributed by atoms with Crippen LogP contribution in [0.5, 0.6) is 0 Å². The molecule has 1 aromatic heterocycles. The van der Waals surface area contributed by atoms with Gasteiger partial charge in [-0.05, 0) is 37.8 Å². The zero-order valence-electron chi connectivity index (χ0n) is 16.8. The van der Waals surface area contributed by atoms with Crippen molar-refractivity contribution in [2.75, 3.05) is 13.2 Å². The second-order valence-corrected chi connectivity index (χ2v) is 7.88. The molecule has 1 aliphatic carbocycles. The molecule has 0 spiro atoms. The van der Waals surface area contributed by atoms with E-state index in [-0.39, 0.29) is 24.5 Å². The molecular weight excluding hydrogens is 350 g/mol. The Morgan fingerprint density at radius 1 is 1.07 bits per heavy atom. The molecule has 1 aliphatic rings. The van der Waals surface area contributed by atoms with Crippen LogP contribution in [0.2, 0.25) is 0 Å². The summed E-state index contributed by atoms with van der Waals surface area (Å²) in [6.45, 7) is 3.19. The maximum absolute atomic E-state index is 10.4. The van der Waals surface area contributed by atoms with Crippen LogP contribution >= 0.6 is 0 Å². The Morgan fingerprint density at radius 2 is 1.89 bits per heavy atom. The molecular formula is C23H33N3O2. The lowest BCUT2D eigenvalue weighted by Crippen LogP contribution is -2.37. The summed E-state index contributed by atoms with van der Waals surface area (Å²) in [5, 5.41) is 23.9. The van der Waals surface area contributed by atoms with Gasteiger partial charge in [-0.25, -0.2) is 9.97 Å². The largest absolute Gasteiger partial charge is 0.396 e. The number of benzene rings is 1. The number of aliphatic hydroxyl groups is 2. The molecule has 28 heavy (non-hydrogen) atoms. The molecule has 1 saturated carbocycles. The minimum Gasteiger partial charge on any atom is -0.396 e. The first kappa shape index (κ1) is 20.9. The predicted molar refractivity (Wildman–Crippen MR) is 112 cm³/mol. The van der Waals surface area contributed by atoms with Crippen molar-refractivity contribution >= 4 is 0 Å². The first-order chi connectivity index (χ1) is 13.7. The van der Waals surface area contributed by atoms with Crippen molar-refractivity contribution in [2.24, 2.45) is 11.8 Å². The highest BCUT2D eigenvalue weighted by atomic mass is 16.3. The van der Waals surface area contributed by atoms with Crippen molar-refractivity contribution in [3.05, 3.63) is 48.3 Å². The van der Waals surface area contributed by atoms with Crippen LogP contribution in [0.15, 0.2) is 42.6 Å². The number of hydrogen-bond donors (Lipinski definition) is 3. The Kier molecular flexibility index (Phi) is 7.95. The summed E-state index contributed by atoms with van der Waals surface area (Å²) >= 11 is 0. The molecule has 1 aromatic carbocycles. The van der Waals surface area contributed by atoms with E-state index in [4.69, 9.17) is 4.98 Å². The van der Waals surface area contributed by atoms with Gasteiger partial charge in [0.15, 0.2) is 5.82 Å². The summed E-state index contributed by atoms with van der Waals surface area (Å²) < 4.78 is 0. The summed E-state index contributed by atoms with van der Waals surface area (Å²) in [5.74, 6) is 0.786. The van der Waals surface area contributed by atoms with Crippen LogP contribution in [0.4, 0.5) is 0 Å². The third-order valence-electron chi connectivity index (χ3n) is 5.89. The fourth-order valence-electron chi connectivity index (χ4n) is 4.30. The minimum absolute atomic E-state index is 0.0104. The number of rotatable bonds is 10. The molecule has 4 unspecified atom stereocenters. The van der Waals surface area contributed by atoms with Crippen LogP contribution in [0.1, 0.15) is 44.7 Å². The van der Waals surface area contributed by atoms with Gasteiger partial charge in [-0.1, -0.05) is 56.5 Å². The van der Waals surface area contributed by atoms with Crippen molar-refractivity contribution in [1.29, 1.82) is 0 Å². The van der Waals surface area contributed by atoms with Gasteiger partial charge in [-0.3, -0.25) is 0 Å². The molecule has 5 heteroatoms. The molecule has 1 fully saturated rings. The van der Waals surface area contributed by atoms with Gasteiger partial charge in [0.2, 0.25) is 0 Å². The molecule has 3 N–H and O–H groups in total. The van der Waals surface area contributed by atoms with E-state index in [1.165, 1.54) is 19.3 Å². The smallest absolute Gasteiger partial charge is 0.159 e. The second kappa shape index (κ2) is 10.6. The molecule has 0 amide bonds. The maximum Gasteiger partial charge on any atom is 0.159 e. The number of aromatic nitrogens is 2. The van der Waals surface area contributed by atoms with Crippen molar-refractivity contribution in [2.45, 2.75) is 57.6 Å². The van der Waals surface area contributed by atoms with Gasteiger partial charge in [0.25, 0.3) is 0 Å². The number of nitrogens with one attached hydrogen (secondary N) is 1. The average Bonchev–Trinajstić information content (AvgIpc) is 3.03. The second-order valence-electron chi connectivity index (χ2n) is 7.88. The van der Waals surface area contributed by atoms with Gasteiger partial charge in [0.1, 0.15) is 0 Å². The highest BCUT2D eigenvalue weighted by molar-refractivity contribution is 5.54. The van der Waals surface area contributed by atoms with Crippen molar-refractivity contribution in [3.8, 4) is 11.4 Å². The SMILES string of the molecule is CCCCCCNC1CC(O)C(CO)C1Cc1ccnc(-c2ccccc2)n1. The van der Waals surface area contributed by atoms with Crippen molar-refractivity contribution in [3.63, 3.8) is 0 Å². The molecule has 152 valence electrons. The van der Waals surface area contributed by atoms with E-state index in [0.717, 1.165) is 36.5 Å². The zero-order chi connectivity index (χ0) is 19.8. The molecule has 0 saturated heterocycles. The van der Waals surface area contributed by atoms with E-state index in [1.807, 2.05) is 36.4 Å². The Morgan fingerprint density at radius 3 is 2.64 bits per heavy atom. The monoisotopic (exact) mass is 383 g/mol. The highest BCUT2D eigenvalue weighted by Crippen LogP contribution is 2.35. The third-order valence-corrected chi connectivity index (χ3v) is 5.89. The Labute approximate surface area is 168 Å². The maximum atomic E-state index is 10.4. The minimum atomic E-state index is -0.460. The van der Waals surface area contributed by atoms with Crippen molar-refractivity contribution < 1.29 is 10.2 Å². The van der Waals surface area contributed by atoms with E-state index in [0.29, 0.717) is 6.42 Å². The highest BCUT2D eigenvalue weighted by Gasteiger charge is 2.41. The van der Waals surface area contributed by atoms with Gasteiger partial charge in [-0.15, -0.1) is 0 Å². The first-order valence-electron chi connectivity index (χ1n) is 10.6. The van der Waals surface area contributed by atoms with Crippen LogP contribution in [-0.4, -0.2) is 45.5 Å². The topological polar surface area (TPSA) is 78.3 Å². The van der Waals surface area contributed by atoms with Gasteiger partial charge in [0.05, 0.1) is 6.10 Å². The van der Waals surface area contributed by atoms with Gasteiger partial charge >= 0.3 is 0 Å². The Balaban J connectivity index is 1.68. The predicted octanol–water partition coefficient (Wildman–Crippen LogP) is 3.21. The van der Waals surface area contributed by atoms with Gasteiger partial charge < -0.3 is 15.5 Å². The lowest BCUT2D eigenvalue weighted by Gasteiger charge is -2.25. The fourth-order valence-corrected chi connectivity index (χ4v) is 4.30. The quantitative estimate of drug-likeness (QED) is 0.549. The summed E-state index contributed by atoms with van der Waals surface area (Å²) in [6.07, 6.45) is 7.66. The standard InChI is InChI=1S/C23H33N3O2/c1-2-3-4-8-12-24-21-15-22(28)20(16-27)19(21)14-18-11-13-25-23(26-18)17-9-6-5-7-10-17/h5-7,9-11,13,19-22,24,27-28H,2-4,8,12,14-16H2,1H3. The fraction of sp³-hybridized carbons (Fsp3) is 0.565. The van der Waals surface area contributed by atoms with E-state index < -0.39 is 6.10 Å². The molecule has 0 bridgehead atoms. The number of hydrogen-bond acceptors (Lipinski definition) is 5. The Bertz CT molecular complexity index is 710. The number of aliphatic hydroxyl groups excluding tert-OH is 2. The van der Waals surface area contributed by atoms with Crippen LogP contribution in [0, 0.1) is 11.8 Å². The molecule has 1 heterocycles. The third kappa shape index (κ3) is 5.37. The van der Waals surface area contributed by atoms with Crippen LogP contribution < -0.4 is 5.32 Å².